The first kappa shape index (κ1) is 13.5. The second-order valence-corrected chi connectivity index (χ2v) is 4.92. The highest BCUT2D eigenvalue weighted by atomic mass is 79.9. The van der Waals surface area contributed by atoms with E-state index < -0.39 is 4.92 Å². The Morgan fingerprint density at radius 1 is 1.37 bits per heavy atom. The fraction of sp³-hybridized carbons (Fsp3) is 0.154. The molecule has 0 aliphatic carbocycles. The summed E-state index contributed by atoms with van der Waals surface area (Å²) in [5.74, 6) is 1.18. The molecule has 0 radical (unpaired) electrons. The molecule has 0 saturated carbocycles. The van der Waals surface area contributed by atoms with Crippen LogP contribution in [0.3, 0.4) is 0 Å². The predicted molar refractivity (Wildman–Crippen MR) is 72.9 cm³/mol. The van der Waals surface area contributed by atoms with Gasteiger partial charge in [-0.15, -0.1) is 0 Å². The fourth-order valence-corrected chi connectivity index (χ4v) is 2.21. The van der Waals surface area contributed by atoms with Gasteiger partial charge in [0.25, 0.3) is 5.69 Å². The van der Waals surface area contributed by atoms with Crippen LogP contribution in [0.4, 0.5) is 5.69 Å². The summed E-state index contributed by atoms with van der Waals surface area (Å²) in [6, 6.07) is 8.11. The number of ketones is 1. The van der Waals surface area contributed by atoms with Gasteiger partial charge in [-0.2, -0.15) is 0 Å². The van der Waals surface area contributed by atoms with E-state index in [4.69, 9.17) is 4.42 Å². The number of rotatable bonds is 4. The summed E-state index contributed by atoms with van der Waals surface area (Å²) in [6.07, 6.45) is 0.244. The van der Waals surface area contributed by atoms with Crippen molar-refractivity contribution in [1.29, 1.82) is 0 Å². The average Bonchev–Trinajstić information content (AvgIpc) is 2.75. The monoisotopic (exact) mass is 323 g/mol. The van der Waals surface area contributed by atoms with Gasteiger partial charge in [0.1, 0.15) is 17.3 Å². The van der Waals surface area contributed by atoms with Crippen LogP contribution in [0.25, 0.3) is 11.3 Å². The van der Waals surface area contributed by atoms with Crippen molar-refractivity contribution in [1.82, 2.24) is 0 Å². The van der Waals surface area contributed by atoms with Crippen molar-refractivity contribution in [3.8, 4) is 11.3 Å². The number of carbonyl (C=O) groups is 1. The van der Waals surface area contributed by atoms with E-state index in [1.54, 1.807) is 24.3 Å². The topological polar surface area (TPSA) is 73.3 Å². The minimum absolute atomic E-state index is 0.000680. The third kappa shape index (κ3) is 3.08. The largest absolute Gasteiger partial charge is 0.461 e. The van der Waals surface area contributed by atoms with Gasteiger partial charge < -0.3 is 4.42 Å². The molecule has 19 heavy (non-hydrogen) atoms. The Labute approximate surface area is 117 Å². The van der Waals surface area contributed by atoms with Gasteiger partial charge in [0, 0.05) is 11.6 Å². The van der Waals surface area contributed by atoms with Crippen LogP contribution in [0.2, 0.25) is 0 Å². The van der Waals surface area contributed by atoms with E-state index >= 15 is 0 Å². The molecule has 2 aromatic rings. The van der Waals surface area contributed by atoms with Crippen LogP contribution in [0.5, 0.6) is 0 Å². The summed E-state index contributed by atoms with van der Waals surface area (Å²) in [7, 11) is 0. The number of carbonyl (C=O) groups excluding carboxylic acids is 1. The number of nitro benzene ring substituents is 1. The summed E-state index contributed by atoms with van der Waals surface area (Å²) in [4.78, 5) is 21.2. The molecule has 1 aromatic heterocycles. The van der Waals surface area contributed by atoms with Crippen LogP contribution in [0.15, 0.2) is 39.2 Å². The van der Waals surface area contributed by atoms with Crippen molar-refractivity contribution >= 4 is 27.4 Å². The maximum absolute atomic E-state index is 11.0. The number of nitro groups is 1. The standard InChI is InChI=1S/C13H10BrNO4/c1-8(16)6-10-3-5-13(19-10)9-2-4-12(15(17)18)11(14)7-9/h2-5,7H,6H2,1H3. The Hall–Kier alpha value is -1.95. The molecule has 0 spiro atoms. The van der Waals surface area contributed by atoms with Crippen LogP contribution in [-0.4, -0.2) is 10.7 Å². The van der Waals surface area contributed by atoms with Crippen molar-refractivity contribution in [2.75, 3.05) is 0 Å². The van der Waals surface area contributed by atoms with Gasteiger partial charge in [-0.1, -0.05) is 0 Å². The highest BCUT2D eigenvalue weighted by molar-refractivity contribution is 9.10. The zero-order valence-electron chi connectivity index (χ0n) is 10.1. The molecule has 0 saturated heterocycles. The van der Waals surface area contributed by atoms with E-state index in [-0.39, 0.29) is 17.9 Å². The summed E-state index contributed by atoms with van der Waals surface area (Å²) < 4.78 is 5.91. The molecule has 0 unspecified atom stereocenters. The average molecular weight is 324 g/mol. The van der Waals surface area contributed by atoms with Crippen LogP contribution in [0.1, 0.15) is 12.7 Å². The van der Waals surface area contributed by atoms with E-state index in [9.17, 15) is 14.9 Å². The zero-order valence-corrected chi connectivity index (χ0v) is 11.6. The third-order valence-corrected chi connectivity index (χ3v) is 3.15. The van der Waals surface area contributed by atoms with Gasteiger partial charge in [0.15, 0.2) is 0 Å². The minimum Gasteiger partial charge on any atom is -0.461 e. The van der Waals surface area contributed by atoms with E-state index in [0.717, 1.165) is 0 Å². The molecule has 0 N–H and O–H groups in total. The van der Waals surface area contributed by atoms with E-state index in [2.05, 4.69) is 15.9 Å². The van der Waals surface area contributed by atoms with Gasteiger partial charge >= 0.3 is 0 Å². The lowest BCUT2D eigenvalue weighted by atomic mass is 10.1. The molecule has 98 valence electrons. The highest BCUT2D eigenvalue weighted by Crippen LogP contribution is 2.31. The molecule has 0 atom stereocenters. The number of nitrogens with zero attached hydrogens (tertiary/aromatic N) is 1. The molecule has 5 nitrogen and oxygen atoms in total. The van der Waals surface area contributed by atoms with Crippen LogP contribution >= 0.6 is 15.9 Å². The fourth-order valence-electron chi connectivity index (χ4n) is 1.68. The number of hydrogen-bond donors (Lipinski definition) is 0. The smallest absolute Gasteiger partial charge is 0.283 e. The maximum Gasteiger partial charge on any atom is 0.283 e. The lowest BCUT2D eigenvalue weighted by Crippen LogP contribution is -1.93. The Balaban J connectivity index is 2.32. The molecule has 0 aliphatic heterocycles. The Morgan fingerprint density at radius 2 is 2.11 bits per heavy atom. The highest BCUT2D eigenvalue weighted by Gasteiger charge is 2.14. The summed E-state index contributed by atoms with van der Waals surface area (Å²) in [5.41, 5.74) is 0.714. The second-order valence-electron chi connectivity index (χ2n) is 4.07. The van der Waals surface area contributed by atoms with Crippen LogP contribution in [-0.2, 0) is 11.2 Å². The van der Waals surface area contributed by atoms with Crippen molar-refractivity contribution in [2.45, 2.75) is 13.3 Å². The normalized spacial score (nSPS) is 10.4. The molecular weight excluding hydrogens is 314 g/mol. The molecule has 6 heteroatoms. The SMILES string of the molecule is CC(=O)Cc1ccc(-c2ccc([N+](=O)[O-])c(Br)c2)o1. The van der Waals surface area contributed by atoms with Gasteiger partial charge in [-0.25, -0.2) is 0 Å². The zero-order chi connectivity index (χ0) is 14.0. The van der Waals surface area contributed by atoms with E-state index in [1.807, 2.05) is 0 Å². The van der Waals surface area contributed by atoms with Gasteiger partial charge in [0.2, 0.25) is 0 Å². The Bertz CT molecular complexity index is 648. The van der Waals surface area contributed by atoms with E-state index in [1.165, 1.54) is 13.0 Å². The van der Waals surface area contributed by atoms with Crippen molar-refractivity contribution < 1.29 is 14.1 Å². The van der Waals surface area contributed by atoms with Crippen LogP contribution in [0, 0.1) is 10.1 Å². The number of hydrogen-bond acceptors (Lipinski definition) is 4. The Morgan fingerprint density at radius 3 is 2.68 bits per heavy atom. The molecule has 0 amide bonds. The van der Waals surface area contributed by atoms with Crippen molar-refractivity contribution in [3.63, 3.8) is 0 Å². The maximum atomic E-state index is 11.0. The number of benzene rings is 1. The quantitative estimate of drug-likeness (QED) is 0.634. The molecule has 1 aromatic carbocycles. The number of furan rings is 1. The van der Waals surface area contributed by atoms with Crippen molar-refractivity contribution in [2.24, 2.45) is 0 Å². The van der Waals surface area contributed by atoms with Crippen molar-refractivity contribution in [3.05, 3.63) is 50.7 Å². The molecule has 0 bridgehead atoms. The molecule has 2 rings (SSSR count). The number of halogens is 1. The first-order valence-corrected chi connectivity index (χ1v) is 6.29. The predicted octanol–water partition coefficient (Wildman–Crippen LogP) is 3.75. The summed E-state index contributed by atoms with van der Waals surface area (Å²) in [6.45, 7) is 1.49. The molecule has 0 fully saturated rings. The first-order chi connectivity index (χ1) is 8.97. The second kappa shape index (κ2) is 5.36. The minimum atomic E-state index is -0.461. The summed E-state index contributed by atoms with van der Waals surface area (Å²) >= 11 is 3.15. The van der Waals surface area contributed by atoms with Crippen LogP contribution < -0.4 is 0 Å². The van der Waals surface area contributed by atoms with E-state index in [0.29, 0.717) is 21.6 Å². The third-order valence-electron chi connectivity index (χ3n) is 2.51. The van der Waals surface area contributed by atoms with Gasteiger partial charge in [0.05, 0.1) is 15.8 Å². The molecule has 0 aliphatic rings. The lowest BCUT2D eigenvalue weighted by molar-refractivity contribution is -0.385. The lowest BCUT2D eigenvalue weighted by Gasteiger charge is -1.99. The van der Waals surface area contributed by atoms with Gasteiger partial charge in [-0.05, 0) is 47.1 Å². The molecular formula is C13H10BrNO4. The van der Waals surface area contributed by atoms with Gasteiger partial charge in [-0.3, -0.25) is 14.9 Å². The number of Topliss-reactive ketones (excluding diaryl/α,β-unsaturated/α-hetero) is 1. The Kier molecular flexibility index (Phi) is 3.80. The summed E-state index contributed by atoms with van der Waals surface area (Å²) in [5, 5.41) is 10.7. The first-order valence-electron chi connectivity index (χ1n) is 5.50. The molecule has 1 heterocycles.